The lowest BCUT2D eigenvalue weighted by Crippen LogP contribution is -2.14. The van der Waals surface area contributed by atoms with Gasteiger partial charge in [-0.05, 0) is 48.4 Å². The van der Waals surface area contributed by atoms with Crippen LogP contribution in [-0.2, 0) is 17.6 Å². The van der Waals surface area contributed by atoms with Crippen molar-refractivity contribution in [2.24, 2.45) is 5.92 Å². The molecule has 2 heteroatoms. The molecule has 1 nitrogen and oxygen atoms in total. The lowest BCUT2D eigenvalue weighted by atomic mass is 9.83. The summed E-state index contributed by atoms with van der Waals surface area (Å²) in [5.41, 5.74) is 2.87. The Balaban J connectivity index is 2.20. The van der Waals surface area contributed by atoms with Gasteiger partial charge < -0.3 is 4.79 Å². The van der Waals surface area contributed by atoms with E-state index in [0.29, 0.717) is 12.3 Å². The van der Waals surface area contributed by atoms with E-state index in [9.17, 15) is 4.79 Å². The first kappa shape index (κ1) is 9.91. The fourth-order valence-electron chi connectivity index (χ4n) is 2.14. The van der Waals surface area contributed by atoms with Crippen LogP contribution < -0.4 is 0 Å². The largest absolute Gasteiger partial charge is 0.303 e. The second kappa shape index (κ2) is 4.26. The zero-order chi connectivity index (χ0) is 9.97. The number of hydrogen-bond donors (Lipinski definition) is 0. The van der Waals surface area contributed by atoms with Crippen molar-refractivity contribution in [2.75, 3.05) is 0 Å². The molecular formula is C12H13BrO. The molecule has 0 spiro atoms. The molecule has 1 atom stereocenters. The minimum Gasteiger partial charge on any atom is -0.303 e. The molecule has 0 saturated carbocycles. The average molecular weight is 253 g/mol. The highest BCUT2D eigenvalue weighted by molar-refractivity contribution is 9.10. The zero-order valence-corrected chi connectivity index (χ0v) is 9.59. The van der Waals surface area contributed by atoms with Gasteiger partial charge in [0.1, 0.15) is 6.29 Å². The van der Waals surface area contributed by atoms with Crippen molar-refractivity contribution in [1.82, 2.24) is 0 Å². The van der Waals surface area contributed by atoms with Crippen LogP contribution in [0.1, 0.15) is 24.0 Å². The van der Waals surface area contributed by atoms with E-state index in [1.54, 1.807) is 0 Å². The van der Waals surface area contributed by atoms with Crippen LogP contribution in [0.4, 0.5) is 0 Å². The number of rotatable bonds is 2. The van der Waals surface area contributed by atoms with Gasteiger partial charge in [-0.2, -0.15) is 0 Å². The number of hydrogen-bond acceptors (Lipinski definition) is 1. The quantitative estimate of drug-likeness (QED) is 0.740. The van der Waals surface area contributed by atoms with Gasteiger partial charge >= 0.3 is 0 Å². The maximum Gasteiger partial charge on any atom is 0.120 e. The third-order valence-corrected chi connectivity index (χ3v) is 3.42. The molecule has 1 aromatic carbocycles. The smallest absolute Gasteiger partial charge is 0.120 e. The Morgan fingerprint density at radius 3 is 3.07 bits per heavy atom. The van der Waals surface area contributed by atoms with Crippen molar-refractivity contribution in [2.45, 2.75) is 25.7 Å². The van der Waals surface area contributed by atoms with Crippen LogP contribution in [0.15, 0.2) is 22.7 Å². The first-order valence-electron chi connectivity index (χ1n) is 5.00. The molecular weight excluding hydrogens is 240 g/mol. The number of aldehydes is 1. The Morgan fingerprint density at radius 1 is 1.43 bits per heavy atom. The monoisotopic (exact) mass is 252 g/mol. The summed E-state index contributed by atoms with van der Waals surface area (Å²) in [6, 6.07) is 6.47. The molecule has 1 unspecified atom stereocenters. The Kier molecular flexibility index (Phi) is 3.02. The molecule has 0 N–H and O–H groups in total. The van der Waals surface area contributed by atoms with Gasteiger partial charge in [0.25, 0.3) is 0 Å². The molecule has 0 aromatic heterocycles. The molecule has 0 amide bonds. The zero-order valence-electron chi connectivity index (χ0n) is 8.00. The summed E-state index contributed by atoms with van der Waals surface area (Å²) in [6.45, 7) is 0. The van der Waals surface area contributed by atoms with Gasteiger partial charge in [0.2, 0.25) is 0 Å². The van der Waals surface area contributed by atoms with E-state index in [2.05, 4.69) is 34.1 Å². The van der Waals surface area contributed by atoms with E-state index in [1.165, 1.54) is 11.1 Å². The highest BCUT2D eigenvalue weighted by Gasteiger charge is 2.17. The highest BCUT2D eigenvalue weighted by atomic mass is 79.9. The third-order valence-electron chi connectivity index (χ3n) is 2.93. The van der Waals surface area contributed by atoms with Crippen LogP contribution in [0.2, 0.25) is 0 Å². The maximum atomic E-state index is 10.4. The molecule has 74 valence electrons. The number of aryl methyl sites for hydroxylation is 1. The first-order chi connectivity index (χ1) is 6.79. The molecule has 0 heterocycles. The summed E-state index contributed by atoms with van der Waals surface area (Å²) < 4.78 is 1.14. The van der Waals surface area contributed by atoms with Gasteiger partial charge in [-0.1, -0.05) is 22.0 Å². The van der Waals surface area contributed by atoms with E-state index >= 15 is 0 Å². The number of halogens is 1. The number of carbonyl (C=O) groups excluding carboxylic acids is 1. The lowest BCUT2D eigenvalue weighted by molar-refractivity contribution is -0.108. The molecule has 14 heavy (non-hydrogen) atoms. The Bertz CT molecular complexity index is 346. The minimum absolute atomic E-state index is 0.564. The Hall–Kier alpha value is -0.630. The van der Waals surface area contributed by atoms with Crippen molar-refractivity contribution < 1.29 is 4.79 Å². The topological polar surface area (TPSA) is 17.1 Å². The van der Waals surface area contributed by atoms with E-state index in [0.717, 1.165) is 30.0 Å². The van der Waals surface area contributed by atoms with Gasteiger partial charge in [0.15, 0.2) is 0 Å². The highest BCUT2D eigenvalue weighted by Crippen LogP contribution is 2.28. The van der Waals surface area contributed by atoms with Crippen molar-refractivity contribution >= 4 is 22.2 Å². The summed E-state index contributed by atoms with van der Waals surface area (Å²) in [5.74, 6) is 0.564. The molecule has 1 aliphatic carbocycles. The molecule has 0 fully saturated rings. The third kappa shape index (κ3) is 2.06. The summed E-state index contributed by atoms with van der Waals surface area (Å²) >= 11 is 3.48. The summed E-state index contributed by atoms with van der Waals surface area (Å²) in [7, 11) is 0. The molecule has 0 radical (unpaired) electrons. The maximum absolute atomic E-state index is 10.4. The van der Waals surface area contributed by atoms with Crippen LogP contribution in [-0.4, -0.2) is 6.29 Å². The Morgan fingerprint density at radius 2 is 2.29 bits per heavy atom. The fraction of sp³-hybridized carbons (Fsp3) is 0.417. The fourth-order valence-corrected chi connectivity index (χ4v) is 2.55. The summed E-state index contributed by atoms with van der Waals surface area (Å²) in [6.07, 6.45) is 5.11. The molecule has 2 rings (SSSR count). The summed E-state index contributed by atoms with van der Waals surface area (Å²) in [4.78, 5) is 10.4. The standard InChI is InChI=1S/C12H13BrO/c13-12-4-3-10-2-1-9(5-6-14)7-11(10)8-12/h3-4,6,8-9H,1-2,5,7H2. The van der Waals surface area contributed by atoms with Gasteiger partial charge in [0, 0.05) is 10.9 Å². The molecule has 0 saturated heterocycles. The number of benzene rings is 1. The normalized spacial score (nSPS) is 20.2. The van der Waals surface area contributed by atoms with Crippen molar-refractivity contribution in [3.8, 4) is 0 Å². The lowest BCUT2D eigenvalue weighted by Gasteiger charge is -2.23. The Labute approximate surface area is 92.6 Å². The van der Waals surface area contributed by atoms with Gasteiger partial charge in [-0.25, -0.2) is 0 Å². The average Bonchev–Trinajstić information content (AvgIpc) is 2.17. The van der Waals surface area contributed by atoms with Crippen LogP contribution in [0.25, 0.3) is 0 Å². The van der Waals surface area contributed by atoms with Gasteiger partial charge in [0.05, 0.1) is 0 Å². The van der Waals surface area contributed by atoms with E-state index in [4.69, 9.17) is 0 Å². The van der Waals surface area contributed by atoms with Crippen molar-refractivity contribution in [3.05, 3.63) is 33.8 Å². The van der Waals surface area contributed by atoms with Gasteiger partial charge in [-0.15, -0.1) is 0 Å². The van der Waals surface area contributed by atoms with Crippen LogP contribution in [0.3, 0.4) is 0 Å². The first-order valence-corrected chi connectivity index (χ1v) is 5.80. The number of fused-ring (bicyclic) bond motifs is 1. The predicted molar refractivity (Wildman–Crippen MR) is 60.3 cm³/mol. The van der Waals surface area contributed by atoms with E-state index in [-0.39, 0.29) is 0 Å². The van der Waals surface area contributed by atoms with Crippen molar-refractivity contribution in [1.29, 1.82) is 0 Å². The minimum atomic E-state index is 0.564. The van der Waals surface area contributed by atoms with Gasteiger partial charge in [-0.3, -0.25) is 0 Å². The van der Waals surface area contributed by atoms with Crippen LogP contribution in [0.5, 0.6) is 0 Å². The second-order valence-corrected chi connectivity index (χ2v) is 4.84. The van der Waals surface area contributed by atoms with Crippen molar-refractivity contribution in [3.63, 3.8) is 0 Å². The summed E-state index contributed by atoms with van der Waals surface area (Å²) in [5, 5.41) is 0. The molecule has 0 aliphatic heterocycles. The van der Waals surface area contributed by atoms with Crippen LogP contribution in [0, 0.1) is 5.92 Å². The van der Waals surface area contributed by atoms with Crippen LogP contribution >= 0.6 is 15.9 Å². The second-order valence-electron chi connectivity index (χ2n) is 3.92. The van der Waals surface area contributed by atoms with E-state index < -0.39 is 0 Å². The van der Waals surface area contributed by atoms with E-state index in [1.807, 2.05) is 0 Å². The molecule has 1 aromatic rings. The molecule has 1 aliphatic rings. The molecule has 0 bridgehead atoms. The SMILES string of the molecule is O=CCC1CCc2ccc(Br)cc2C1. The number of carbonyl (C=O) groups is 1. The predicted octanol–water partition coefficient (Wildman–Crippen LogP) is 3.14.